The number of carbonyl (C=O) groups is 1. The van der Waals surface area contributed by atoms with E-state index < -0.39 is 0 Å². The average Bonchev–Trinajstić information content (AvgIpc) is 2.99. The molecule has 0 spiro atoms. The maximum Gasteiger partial charge on any atom is 0.279 e. The lowest BCUT2D eigenvalue weighted by Crippen LogP contribution is -2.16. The molecule has 5 heteroatoms. The van der Waals surface area contributed by atoms with Crippen molar-refractivity contribution in [3.05, 3.63) is 70.5 Å². The van der Waals surface area contributed by atoms with Crippen LogP contribution < -0.4 is 9.54 Å². The summed E-state index contributed by atoms with van der Waals surface area (Å²) in [5, 5.41) is 0. The highest BCUT2D eigenvalue weighted by Crippen LogP contribution is 2.22. The summed E-state index contributed by atoms with van der Waals surface area (Å²) < 4.78 is 8.87. The molecule has 28 heavy (non-hydrogen) atoms. The van der Waals surface area contributed by atoms with Crippen molar-refractivity contribution in [3.63, 3.8) is 0 Å². The van der Waals surface area contributed by atoms with Gasteiger partial charge in [0, 0.05) is 12.1 Å². The first-order valence-corrected chi connectivity index (χ1v) is 10.4. The number of fused-ring (bicyclic) bond motifs is 1. The predicted molar refractivity (Wildman–Crippen MR) is 116 cm³/mol. The highest BCUT2D eigenvalue weighted by atomic mass is 32.1. The van der Waals surface area contributed by atoms with Gasteiger partial charge >= 0.3 is 0 Å². The molecule has 0 atom stereocenters. The number of hydrogen-bond donors (Lipinski definition) is 0. The number of nitrogens with zero attached hydrogens (tertiary/aromatic N) is 2. The molecule has 0 saturated heterocycles. The second kappa shape index (κ2) is 9.02. The lowest BCUT2D eigenvalue weighted by atomic mass is 10.1. The van der Waals surface area contributed by atoms with Gasteiger partial charge in [-0.25, -0.2) is 0 Å². The smallest absolute Gasteiger partial charge is 0.279 e. The number of aryl methyl sites for hydroxylation is 2. The second-order valence-corrected chi connectivity index (χ2v) is 7.84. The van der Waals surface area contributed by atoms with Gasteiger partial charge in [-0.1, -0.05) is 36.8 Å². The van der Waals surface area contributed by atoms with Crippen molar-refractivity contribution in [3.8, 4) is 5.75 Å². The minimum absolute atomic E-state index is 0.265. The molecule has 1 heterocycles. The van der Waals surface area contributed by atoms with Crippen LogP contribution >= 0.6 is 11.3 Å². The predicted octanol–water partition coefficient (Wildman–Crippen LogP) is 5.43. The molecular formula is C23H26N2O2S. The summed E-state index contributed by atoms with van der Waals surface area (Å²) in [5.74, 6) is 0.440. The van der Waals surface area contributed by atoms with E-state index in [0.717, 1.165) is 23.1 Å². The Morgan fingerprint density at radius 2 is 2.04 bits per heavy atom. The molecule has 0 N–H and O–H groups in total. The summed E-state index contributed by atoms with van der Waals surface area (Å²) in [5.41, 5.74) is 4.06. The van der Waals surface area contributed by atoms with E-state index in [9.17, 15) is 4.79 Å². The molecular weight excluding hydrogens is 368 g/mol. The van der Waals surface area contributed by atoms with Crippen molar-refractivity contribution < 1.29 is 9.53 Å². The maximum atomic E-state index is 12.8. The fraction of sp³-hybridized carbons (Fsp3) is 0.304. The first-order valence-electron chi connectivity index (χ1n) is 9.57. The number of hydrogen-bond acceptors (Lipinski definition) is 3. The number of allylic oxidation sites excluding steroid dienone is 1. The van der Waals surface area contributed by atoms with Crippen molar-refractivity contribution in [1.82, 2.24) is 4.57 Å². The van der Waals surface area contributed by atoms with E-state index in [1.165, 1.54) is 22.5 Å². The number of unbranched alkanes of at least 4 members (excludes halogenated alkanes) is 1. The number of ether oxygens (including phenoxy) is 1. The lowest BCUT2D eigenvalue weighted by Gasteiger charge is -2.06. The molecule has 2 aromatic carbocycles. The van der Waals surface area contributed by atoms with Gasteiger partial charge in [0.05, 0.1) is 16.8 Å². The summed E-state index contributed by atoms with van der Waals surface area (Å²) in [6.45, 7) is 11.4. The standard InChI is InChI=1S/C23H26N2O2S/c1-5-7-12-27-19-10-8-9-18(15-19)22(26)24-23-25(11-6-2)20-13-16(3)17(4)14-21(20)28-23/h6,8-10,13-15H,2,5,7,11-12H2,1,3-4H3. The van der Waals surface area contributed by atoms with E-state index in [4.69, 9.17) is 4.74 Å². The van der Waals surface area contributed by atoms with Gasteiger partial charge in [-0.2, -0.15) is 4.99 Å². The first-order chi connectivity index (χ1) is 13.5. The number of aromatic nitrogens is 1. The third-order valence-electron chi connectivity index (χ3n) is 4.65. The van der Waals surface area contributed by atoms with Gasteiger partial charge < -0.3 is 9.30 Å². The fourth-order valence-corrected chi connectivity index (χ4v) is 4.03. The molecule has 0 bridgehead atoms. The van der Waals surface area contributed by atoms with Crippen molar-refractivity contribution in [1.29, 1.82) is 0 Å². The van der Waals surface area contributed by atoms with Crippen LogP contribution in [-0.4, -0.2) is 17.1 Å². The Morgan fingerprint density at radius 1 is 1.25 bits per heavy atom. The quantitative estimate of drug-likeness (QED) is 0.396. The number of rotatable bonds is 7. The van der Waals surface area contributed by atoms with Crippen molar-refractivity contribution in [2.24, 2.45) is 4.99 Å². The zero-order valence-corrected chi connectivity index (χ0v) is 17.5. The summed E-state index contributed by atoms with van der Waals surface area (Å²) in [6, 6.07) is 11.5. The normalized spacial score (nSPS) is 11.8. The minimum atomic E-state index is -0.265. The zero-order valence-electron chi connectivity index (χ0n) is 16.7. The van der Waals surface area contributed by atoms with Gasteiger partial charge in [-0.15, -0.1) is 6.58 Å². The Kier molecular flexibility index (Phi) is 6.47. The Morgan fingerprint density at radius 3 is 2.79 bits per heavy atom. The molecule has 4 nitrogen and oxygen atoms in total. The lowest BCUT2D eigenvalue weighted by molar-refractivity contribution is 0.0997. The number of thiazole rings is 1. The third kappa shape index (κ3) is 4.42. The van der Waals surface area contributed by atoms with Crippen molar-refractivity contribution in [2.75, 3.05) is 6.61 Å². The fourth-order valence-electron chi connectivity index (χ4n) is 2.92. The summed E-state index contributed by atoms with van der Waals surface area (Å²) >= 11 is 1.53. The highest BCUT2D eigenvalue weighted by molar-refractivity contribution is 7.16. The molecule has 1 aromatic heterocycles. The second-order valence-electron chi connectivity index (χ2n) is 6.83. The SMILES string of the molecule is C=CCn1c(=NC(=O)c2cccc(OCCCC)c2)sc2cc(C)c(C)cc21. The van der Waals surface area contributed by atoms with Crippen LogP contribution in [-0.2, 0) is 6.54 Å². The van der Waals surface area contributed by atoms with Gasteiger partial charge in [0.15, 0.2) is 4.80 Å². The number of benzene rings is 2. The Hall–Kier alpha value is -2.66. The minimum Gasteiger partial charge on any atom is -0.494 e. The van der Waals surface area contributed by atoms with Gasteiger partial charge in [0.1, 0.15) is 5.75 Å². The van der Waals surface area contributed by atoms with Crippen LogP contribution in [0.1, 0.15) is 41.3 Å². The van der Waals surface area contributed by atoms with Crippen LogP contribution in [0.2, 0.25) is 0 Å². The monoisotopic (exact) mass is 394 g/mol. The van der Waals surface area contributed by atoms with Crippen LogP contribution in [0.25, 0.3) is 10.2 Å². The van der Waals surface area contributed by atoms with E-state index in [2.05, 4.69) is 44.5 Å². The molecule has 3 aromatic rings. The molecule has 0 aliphatic heterocycles. The van der Waals surface area contributed by atoms with Crippen LogP contribution in [0.3, 0.4) is 0 Å². The molecule has 0 unspecified atom stereocenters. The third-order valence-corrected chi connectivity index (χ3v) is 5.70. The average molecular weight is 395 g/mol. The van der Waals surface area contributed by atoms with E-state index >= 15 is 0 Å². The summed E-state index contributed by atoms with van der Waals surface area (Å²) in [7, 11) is 0. The van der Waals surface area contributed by atoms with Gasteiger partial charge in [-0.3, -0.25) is 4.79 Å². The van der Waals surface area contributed by atoms with Crippen LogP contribution in [0.15, 0.2) is 54.0 Å². The van der Waals surface area contributed by atoms with Crippen LogP contribution in [0.5, 0.6) is 5.75 Å². The van der Waals surface area contributed by atoms with E-state index in [-0.39, 0.29) is 5.91 Å². The van der Waals surface area contributed by atoms with Gasteiger partial charge in [0.25, 0.3) is 5.91 Å². The molecule has 0 saturated carbocycles. The zero-order chi connectivity index (χ0) is 20.1. The number of carbonyl (C=O) groups excluding carboxylic acids is 1. The molecule has 0 aliphatic carbocycles. The Labute approximate surface area is 169 Å². The van der Waals surface area contributed by atoms with Crippen LogP contribution in [0.4, 0.5) is 0 Å². The first kappa shape index (κ1) is 20.1. The molecule has 0 fully saturated rings. The largest absolute Gasteiger partial charge is 0.494 e. The van der Waals surface area contributed by atoms with E-state index in [0.29, 0.717) is 29.3 Å². The Balaban J connectivity index is 1.99. The molecule has 3 rings (SSSR count). The van der Waals surface area contributed by atoms with Crippen LogP contribution in [0, 0.1) is 13.8 Å². The highest BCUT2D eigenvalue weighted by Gasteiger charge is 2.11. The maximum absolute atomic E-state index is 12.8. The topological polar surface area (TPSA) is 43.6 Å². The van der Waals surface area contributed by atoms with E-state index in [1.807, 2.05) is 22.8 Å². The van der Waals surface area contributed by atoms with Gasteiger partial charge in [-0.05, 0) is 61.7 Å². The summed E-state index contributed by atoms with van der Waals surface area (Å²) in [6.07, 6.45) is 3.89. The Bertz CT molecular complexity index is 1080. The van der Waals surface area contributed by atoms with Gasteiger partial charge in [0.2, 0.25) is 0 Å². The van der Waals surface area contributed by atoms with Crippen molar-refractivity contribution >= 4 is 27.5 Å². The number of amides is 1. The molecule has 0 radical (unpaired) electrons. The van der Waals surface area contributed by atoms with E-state index in [1.54, 1.807) is 12.1 Å². The molecule has 1 amide bonds. The van der Waals surface area contributed by atoms with Crippen molar-refractivity contribution in [2.45, 2.75) is 40.2 Å². The molecule has 0 aliphatic rings. The molecule has 146 valence electrons. The summed E-state index contributed by atoms with van der Waals surface area (Å²) in [4.78, 5) is 17.9.